The summed E-state index contributed by atoms with van der Waals surface area (Å²) in [5.41, 5.74) is 1.46. The van der Waals surface area contributed by atoms with Crippen LogP contribution >= 0.6 is 0 Å². The van der Waals surface area contributed by atoms with Gasteiger partial charge in [-0.3, -0.25) is 0 Å². The van der Waals surface area contributed by atoms with E-state index >= 15 is 0 Å². The second-order valence-corrected chi connectivity index (χ2v) is 4.67. The fourth-order valence-electron chi connectivity index (χ4n) is 1.89. The van der Waals surface area contributed by atoms with E-state index in [0.717, 1.165) is 25.1 Å². The molecule has 0 heterocycles. The maximum atomic E-state index is 10.7. The predicted molar refractivity (Wildman–Crippen MR) is 78.4 cm³/mol. The lowest BCUT2D eigenvalue weighted by Gasteiger charge is -2.05. The number of benzene rings is 1. The van der Waals surface area contributed by atoms with Crippen molar-refractivity contribution in [1.82, 2.24) is 5.32 Å². The lowest BCUT2D eigenvalue weighted by atomic mass is 10.1. The van der Waals surface area contributed by atoms with Crippen molar-refractivity contribution >= 4 is 5.97 Å². The van der Waals surface area contributed by atoms with Crippen LogP contribution in [0.5, 0.6) is 0 Å². The van der Waals surface area contributed by atoms with Crippen LogP contribution in [0.2, 0.25) is 0 Å². The molecule has 104 valence electrons. The van der Waals surface area contributed by atoms with Crippen LogP contribution < -0.4 is 5.32 Å². The van der Waals surface area contributed by atoms with Gasteiger partial charge in [-0.15, -0.1) is 6.58 Å². The highest BCUT2D eigenvalue weighted by molar-refractivity contribution is 5.87. The van der Waals surface area contributed by atoms with E-state index in [2.05, 4.69) is 11.9 Å². The highest BCUT2D eigenvalue weighted by atomic mass is 16.4. The van der Waals surface area contributed by atoms with E-state index in [0.29, 0.717) is 5.56 Å². The van der Waals surface area contributed by atoms with Gasteiger partial charge in [0, 0.05) is 6.54 Å². The van der Waals surface area contributed by atoms with Crippen molar-refractivity contribution in [2.45, 2.75) is 38.6 Å². The molecular weight excluding hydrogens is 238 g/mol. The van der Waals surface area contributed by atoms with Crippen molar-refractivity contribution in [2.75, 3.05) is 6.54 Å². The summed E-state index contributed by atoms with van der Waals surface area (Å²) in [6.07, 6.45) is 8.02. The van der Waals surface area contributed by atoms with Gasteiger partial charge in [0.15, 0.2) is 0 Å². The van der Waals surface area contributed by atoms with Crippen molar-refractivity contribution in [3.63, 3.8) is 0 Å². The first-order valence-corrected chi connectivity index (χ1v) is 6.88. The fourth-order valence-corrected chi connectivity index (χ4v) is 1.89. The number of hydrogen-bond donors (Lipinski definition) is 2. The molecule has 0 fully saturated rings. The summed E-state index contributed by atoms with van der Waals surface area (Å²) in [6, 6.07) is 7.02. The molecule has 0 aliphatic heterocycles. The van der Waals surface area contributed by atoms with Crippen molar-refractivity contribution in [2.24, 2.45) is 0 Å². The average Bonchev–Trinajstić information content (AvgIpc) is 2.42. The molecule has 0 aromatic heterocycles. The molecule has 0 radical (unpaired) electrons. The van der Waals surface area contributed by atoms with E-state index in [1.54, 1.807) is 12.1 Å². The van der Waals surface area contributed by atoms with Gasteiger partial charge in [-0.1, -0.05) is 31.1 Å². The summed E-state index contributed by atoms with van der Waals surface area (Å²) in [5.74, 6) is -0.876. The Bertz CT molecular complexity index is 384. The molecule has 3 heteroatoms. The largest absolute Gasteiger partial charge is 0.478 e. The Labute approximate surface area is 115 Å². The first-order valence-electron chi connectivity index (χ1n) is 6.88. The van der Waals surface area contributed by atoms with E-state index < -0.39 is 5.97 Å². The third kappa shape index (κ3) is 6.77. The molecule has 0 bridgehead atoms. The zero-order valence-electron chi connectivity index (χ0n) is 11.4. The van der Waals surface area contributed by atoms with E-state index in [-0.39, 0.29) is 0 Å². The minimum atomic E-state index is -0.876. The van der Waals surface area contributed by atoms with E-state index in [4.69, 9.17) is 5.11 Å². The second-order valence-electron chi connectivity index (χ2n) is 4.67. The van der Waals surface area contributed by atoms with Gasteiger partial charge in [-0.25, -0.2) is 4.79 Å². The summed E-state index contributed by atoms with van der Waals surface area (Å²) in [7, 11) is 0. The van der Waals surface area contributed by atoms with E-state index in [1.165, 1.54) is 25.7 Å². The summed E-state index contributed by atoms with van der Waals surface area (Å²) < 4.78 is 0. The summed E-state index contributed by atoms with van der Waals surface area (Å²) in [4.78, 5) is 10.7. The Kier molecular flexibility index (Phi) is 7.59. The summed E-state index contributed by atoms with van der Waals surface area (Å²) in [6.45, 7) is 5.52. The molecule has 2 N–H and O–H groups in total. The summed E-state index contributed by atoms with van der Waals surface area (Å²) >= 11 is 0. The van der Waals surface area contributed by atoms with Crippen molar-refractivity contribution in [1.29, 1.82) is 0 Å². The maximum absolute atomic E-state index is 10.7. The quantitative estimate of drug-likeness (QED) is 0.499. The number of unbranched alkanes of at least 4 members (excludes halogenated alkanes) is 4. The van der Waals surface area contributed by atoms with Gasteiger partial charge in [0.25, 0.3) is 0 Å². The Balaban J connectivity index is 2.09. The third-order valence-electron chi connectivity index (χ3n) is 3.04. The smallest absolute Gasteiger partial charge is 0.335 e. The topological polar surface area (TPSA) is 49.3 Å². The van der Waals surface area contributed by atoms with Crippen LogP contribution in [0.15, 0.2) is 36.9 Å². The molecule has 1 rings (SSSR count). The predicted octanol–water partition coefficient (Wildman–Crippen LogP) is 3.61. The number of allylic oxidation sites excluding steroid dienone is 1. The number of carboxylic acids is 1. The molecule has 1 aromatic rings. The van der Waals surface area contributed by atoms with Crippen LogP contribution in [0.4, 0.5) is 0 Å². The first kappa shape index (κ1) is 15.4. The first-order chi connectivity index (χ1) is 9.24. The van der Waals surface area contributed by atoms with Gasteiger partial charge in [0.05, 0.1) is 5.56 Å². The molecular formula is C16H23NO2. The molecule has 0 saturated carbocycles. The molecule has 0 spiro atoms. The SMILES string of the molecule is C=CCCCCCCNCc1ccc(C(=O)O)cc1. The molecule has 19 heavy (non-hydrogen) atoms. The number of nitrogens with one attached hydrogen (secondary N) is 1. The van der Waals surface area contributed by atoms with Gasteiger partial charge < -0.3 is 10.4 Å². The minimum absolute atomic E-state index is 0.339. The molecule has 0 atom stereocenters. The Morgan fingerprint density at radius 1 is 1.16 bits per heavy atom. The lowest BCUT2D eigenvalue weighted by Crippen LogP contribution is -2.14. The number of carbonyl (C=O) groups is 1. The van der Waals surface area contributed by atoms with Gasteiger partial charge >= 0.3 is 5.97 Å². The normalized spacial score (nSPS) is 10.3. The molecule has 0 amide bonds. The molecule has 1 aromatic carbocycles. The van der Waals surface area contributed by atoms with Crippen molar-refractivity contribution in [3.05, 3.63) is 48.0 Å². The number of aromatic carboxylic acids is 1. The lowest BCUT2D eigenvalue weighted by molar-refractivity contribution is 0.0697. The van der Waals surface area contributed by atoms with E-state index in [1.807, 2.05) is 18.2 Å². The second kappa shape index (κ2) is 9.34. The van der Waals surface area contributed by atoms with Crippen LogP contribution in [0.1, 0.15) is 48.0 Å². The van der Waals surface area contributed by atoms with E-state index in [9.17, 15) is 4.79 Å². The van der Waals surface area contributed by atoms with Crippen LogP contribution in [-0.2, 0) is 6.54 Å². The Morgan fingerprint density at radius 2 is 1.84 bits per heavy atom. The standard InChI is InChI=1S/C16H23NO2/c1-2-3-4-5-6-7-12-17-13-14-8-10-15(11-9-14)16(18)19/h2,8-11,17H,1,3-7,12-13H2,(H,18,19). The fraction of sp³-hybridized carbons (Fsp3) is 0.438. The third-order valence-corrected chi connectivity index (χ3v) is 3.04. The van der Waals surface area contributed by atoms with Crippen LogP contribution in [0, 0.1) is 0 Å². The zero-order chi connectivity index (χ0) is 13.9. The molecule has 0 saturated heterocycles. The highest BCUT2D eigenvalue weighted by Gasteiger charge is 2.01. The summed E-state index contributed by atoms with van der Waals surface area (Å²) in [5, 5.41) is 12.2. The Morgan fingerprint density at radius 3 is 2.47 bits per heavy atom. The zero-order valence-corrected chi connectivity index (χ0v) is 11.4. The van der Waals surface area contributed by atoms with Crippen LogP contribution in [0.3, 0.4) is 0 Å². The van der Waals surface area contributed by atoms with Gasteiger partial charge in [0.2, 0.25) is 0 Å². The number of rotatable bonds is 10. The number of carboxylic acid groups (broad SMARTS) is 1. The minimum Gasteiger partial charge on any atom is -0.478 e. The monoisotopic (exact) mass is 261 g/mol. The van der Waals surface area contributed by atoms with Gasteiger partial charge in [0.1, 0.15) is 0 Å². The van der Waals surface area contributed by atoms with Crippen molar-refractivity contribution < 1.29 is 9.90 Å². The molecule has 3 nitrogen and oxygen atoms in total. The average molecular weight is 261 g/mol. The van der Waals surface area contributed by atoms with Crippen LogP contribution in [-0.4, -0.2) is 17.6 Å². The van der Waals surface area contributed by atoms with Crippen LogP contribution in [0.25, 0.3) is 0 Å². The van der Waals surface area contributed by atoms with Gasteiger partial charge in [-0.05, 0) is 43.5 Å². The maximum Gasteiger partial charge on any atom is 0.335 e. The molecule has 0 aliphatic rings. The number of hydrogen-bond acceptors (Lipinski definition) is 2. The van der Waals surface area contributed by atoms with Gasteiger partial charge in [-0.2, -0.15) is 0 Å². The molecule has 0 aliphatic carbocycles. The van der Waals surface area contributed by atoms with Crippen molar-refractivity contribution in [3.8, 4) is 0 Å². The molecule has 0 unspecified atom stereocenters. The highest BCUT2D eigenvalue weighted by Crippen LogP contribution is 2.05. The Hall–Kier alpha value is -1.61.